The lowest BCUT2D eigenvalue weighted by Crippen LogP contribution is -2.26. The first-order chi connectivity index (χ1) is 13.0. The number of anilines is 1. The highest BCUT2D eigenvalue weighted by atomic mass is 32.2. The van der Waals surface area contributed by atoms with Crippen molar-refractivity contribution in [1.29, 1.82) is 5.26 Å². The number of carbonyl (C=O) groups excluding carboxylic acids is 1. The summed E-state index contributed by atoms with van der Waals surface area (Å²) in [6.45, 7) is 4.12. The van der Waals surface area contributed by atoms with Crippen LogP contribution in [-0.4, -0.2) is 20.7 Å². The number of thioether (sulfide) groups is 1. The van der Waals surface area contributed by atoms with Gasteiger partial charge < -0.3 is 5.32 Å². The summed E-state index contributed by atoms with van der Waals surface area (Å²) in [6.07, 6.45) is 0. The van der Waals surface area contributed by atoms with Gasteiger partial charge in [0.25, 0.3) is 5.56 Å². The molecule has 136 valence electrons. The minimum atomic E-state index is -0.452. The molecule has 0 saturated carbocycles. The minimum absolute atomic E-state index is 0.106. The number of nitrogens with one attached hydrogen (secondary N) is 1. The molecule has 0 saturated heterocycles. The van der Waals surface area contributed by atoms with Crippen molar-refractivity contribution in [2.45, 2.75) is 30.8 Å². The number of nitriles is 1. The zero-order chi connectivity index (χ0) is 19.4. The molecule has 0 aliphatic rings. The number of hydrogen-bond acceptors (Lipinski definition) is 5. The highest BCUT2D eigenvalue weighted by Crippen LogP contribution is 2.23. The maximum Gasteiger partial charge on any atom is 0.262 e. The molecule has 1 atom stereocenters. The van der Waals surface area contributed by atoms with Crippen LogP contribution in [0.2, 0.25) is 0 Å². The fraction of sp³-hybridized carbons (Fsp3) is 0.200. The quantitative estimate of drug-likeness (QED) is 0.543. The monoisotopic (exact) mass is 378 g/mol. The van der Waals surface area contributed by atoms with E-state index in [-0.39, 0.29) is 11.5 Å². The molecule has 1 amide bonds. The van der Waals surface area contributed by atoms with E-state index in [2.05, 4.69) is 10.3 Å². The number of amides is 1. The van der Waals surface area contributed by atoms with Crippen LogP contribution >= 0.6 is 11.8 Å². The molecule has 0 unspecified atom stereocenters. The largest absolute Gasteiger partial charge is 0.325 e. The number of nitrogens with zero attached hydrogens (tertiary/aromatic N) is 3. The van der Waals surface area contributed by atoms with Crippen LogP contribution in [-0.2, 0) is 11.3 Å². The Labute approximate surface area is 160 Å². The van der Waals surface area contributed by atoms with Crippen LogP contribution in [0.5, 0.6) is 0 Å². The van der Waals surface area contributed by atoms with Crippen molar-refractivity contribution >= 4 is 34.3 Å². The molecule has 7 heteroatoms. The zero-order valence-corrected chi connectivity index (χ0v) is 15.8. The maximum absolute atomic E-state index is 12.7. The summed E-state index contributed by atoms with van der Waals surface area (Å²) >= 11 is 1.25. The first kappa shape index (κ1) is 18.7. The molecule has 6 nitrogen and oxygen atoms in total. The van der Waals surface area contributed by atoms with Gasteiger partial charge in [0.1, 0.15) is 0 Å². The summed E-state index contributed by atoms with van der Waals surface area (Å²) in [4.78, 5) is 29.7. The Morgan fingerprint density at radius 3 is 2.63 bits per heavy atom. The van der Waals surface area contributed by atoms with Crippen LogP contribution in [0.1, 0.15) is 19.4 Å². The Bertz CT molecular complexity index is 1080. The van der Waals surface area contributed by atoms with E-state index in [0.717, 1.165) is 0 Å². The first-order valence-electron chi connectivity index (χ1n) is 8.50. The van der Waals surface area contributed by atoms with Crippen molar-refractivity contribution in [2.24, 2.45) is 0 Å². The van der Waals surface area contributed by atoms with Gasteiger partial charge in [0.05, 0.1) is 27.8 Å². The second-order valence-corrected chi connectivity index (χ2v) is 7.21. The predicted octanol–water partition coefficient (Wildman–Crippen LogP) is 3.41. The Balaban J connectivity index is 1.82. The van der Waals surface area contributed by atoms with Crippen molar-refractivity contribution < 1.29 is 4.79 Å². The molecule has 1 heterocycles. The average molecular weight is 378 g/mol. The number of aromatic nitrogens is 2. The molecule has 0 bridgehead atoms. The Kier molecular flexibility index (Phi) is 5.57. The van der Waals surface area contributed by atoms with Gasteiger partial charge in [0, 0.05) is 12.2 Å². The van der Waals surface area contributed by atoms with E-state index in [1.54, 1.807) is 47.9 Å². The third-order valence-electron chi connectivity index (χ3n) is 4.08. The van der Waals surface area contributed by atoms with Crippen molar-refractivity contribution in [3.8, 4) is 6.07 Å². The Morgan fingerprint density at radius 2 is 1.96 bits per heavy atom. The van der Waals surface area contributed by atoms with E-state index in [9.17, 15) is 9.59 Å². The topological polar surface area (TPSA) is 87.8 Å². The predicted molar refractivity (Wildman–Crippen MR) is 107 cm³/mol. The van der Waals surface area contributed by atoms with E-state index in [0.29, 0.717) is 33.9 Å². The Hall–Kier alpha value is -3.11. The number of benzene rings is 2. The van der Waals surface area contributed by atoms with E-state index in [1.807, 2.05) is 25.1 Å². The van der Waals surface area contributed by atoms with Gasteiger partial charge >= 0.3 is 0 Å². The van der Waals surface area contributed by atoms with Gasteiger partial charge in [-0.15, -0.1) is 0 Å². The summed E-state index contributed by atoms with van der Waals surface area (Å²) in [7, 11) is 0. The zero-order valence-electron chi connectivity index (χ0n) is 15.0. The second-order valence-electron chi connectivity index (χ2n) is 5.90. The van der Waals surface area contributed by atoms with Gasteiger partial charge in [-0.05, 0) is 50.2 Å². The Morgan fingerprint density at radius 1 is 1.26 bits per heavy atom. The molecule has 1 aromatic heterocycles. The summed E-state index contributed by atoms with van der Waals surface area (Å²) in [6, 6.07) is 15.9. The maximum atomic E-state index is 12.7. The summed E-state index contributed by atoms with van der Waals surface area (Å²) in [5, 5.41) is 12.3. The normalized spacial score (nSPS) is 11.7. The van der Waals surface area contributed by atoms with Crippen LogP contribution < -0.4 is 10.9 Å². The van der Waals surface area contributed by atoms with Crippen LogP contribution in [0, 0.1) is 11.3 Å². The van der Waals surface area contributed by atoms with E-state index in [1.165, 1.54) is 11.8 Å². The standard InChI is InChI=1S/C20H18N4O2S/c1-3-24-19(26)16-6-4-5-7-17(16)23-20(24)27-13(2)18(25)22-15-10-8-14(12-21)9-11-15/h4-11,13H,3H2,1-2H3,(H,22,25)/t13-/m1/s1. The third kappa shape index (κ3) is 4.01. The first-order valence-corrected chi connectivity index (χ1v) is 9.38. The number of rotatable bonds is 5. The molecule has 2 aromatic carbocycles. The molecule has 27 heavy (non-hydrogen) atoms. The van der Waals surface area contributed by atoms with Crippen molar-refractivity contribution in [3.63, 3.8) is 0 Å². The van der Waals surface area contributed by atoms with E-state index in [4.69, 9.17) is 5.26 Å². The molecule has 3 rings (SSSR count). The highest BCUT2D eigenvalue weighted by molar-refractivity contribution is 8.00. The van der Waals surface area contributed by atoms with E-state index < -0.39 is 5.25 Å². The van der Waals surface area contributed by atoms with Gasteiger partial charge in [0.2, 0.25) is 5.91 Å². The number of fused-ring (bicyclic) bond motifs is 1. The highest BCUT2D eigenvalue weighted by Gasteiger charge is 2.19. The van der Waals surface area contributed by atoms with Crippen molar-refractivity contribution in [2.75, 3.05) is 5.32 Å². The lowest BCUT2D eigenvalue weighted by atomic mass is 10.2. The number of para-hydroxylation sites is 1. The SMILES string of the molecule is CCn1c(S[C@H](C)C(=O)Nc2ccc(C#N)cc2)nc2ccccc2c1=O. The molecule has 0 radical (unpaired) electrons. The van der Waals surface area contributed by atoms with Crippen LogP contribution in [0.3, 0.4) is 0 Å². The third-order valence-corrected chi connectivity index (χ3v) is 5.17. The summed E-state index contributed by atoms with van der Waals surface area (Å²) in [5.74, 6) is -0.199. The second kappa shape index (κ2) is 8.06. The minimum Gasteiger partial charge on any atom is -0.325 e. The van der Waals surface area contributed by atoms with Gasteiger partial charge in [-0.1, -0.05) is 23.9 Å². The van der Waals surface area contributed by atoms with Gasteiger partial charge in [-0.3, -0.25) is 14.2 Å². The van der Waals surface area contributed by atoms with E-state index >= 15 is 0 Å². The summed E-state index contributed by atoms with van der Waals surface area (Å²) in [5.41, 5.74) is 1.66. The molecular formula is C20H18N4O2S. The molecule has 0 fully saturated rings. The molecule has 3 aromatic rings. The fourth-order valence-electron chi connectivity index (χ4n) is 2.60. The molecular weight excluding hydrogens is 360 g/mol. The summed E-state index contributed by atoms with van der Waals surface area (Å²) < 4.78 is 1.58. The molecule has 0 aliphatic heterocycles. The number of hydrogen-bond donors (Lipinski definition) is 1. The van der Waals surface area contributed by atoms with Gasteiger partial charge in [0.15, 0.2) is 5.16 Å². The number of carbonyl (C=O) groups is 1. The molecule has 1 N–H and O–H groups in total. The lowest BCUT2D eigenvalue weighted by molar-refractivity contribution is -0.115. The van der Waals surface area contributed by atoms with Crippen molar-refractivity contribution in [3.05, 3.63) is 64.4 Å². The van der Waals surface area contributed by atoms with Crippen LogP contribution in [0.15, 0.2) is 58.5 Å². The smallest absolute Gasteiger partial charge is 0.262 e. The van der Waals surface area contributed by atoms with Crippen LogP contribution in [0.25, 0.3) is 10.9 Å². The van der Waals surface area contributed by atoms with Crippen molar-refractivity contribution in [1.82, 2.24) is 9.55 Å². The van der Waals surface area contributed by atoms with Gasteiger partial charge in [-0.25, -0.2) is 4.98 Å². The lowest BCUT2D eigenvalue weighted by Gasteiger charge is -2.15. The van der Waals surface area contributed by atoms with Crippen LogP contribution in [0.4, 0.5) is 5.69 Å². The van der Waals surface area contributed by atoms with Gasteiger partial charge in [-0.2, -0.15) is 5.26 Å². The molecule has 0 spiro atoms. The fourth-order valence-corrected chi connectivity index (χ4v) is 3.57. The average Bonchev–Trinajstić information content (AvgIpc) is 2.69. The molecule has 0 aliphatic carbocycles.